The lowest BCUT2D eigenvalue weighted by Crippen LogP contribution is -2.02. The zero-order valence-electron chi connectivity index (χ0n) is 15.4. The summed E-state index contributed by atoms with van der Waals surface area (Å²) in [5, 5.41) is 15.9. The molecule has 0 fully saturated rings. The van der Waals surface area contributed by atoms with Crippen molar-refractivity contribution in [2.24, 2.45) is 0 Å². The minimum absolute atomic E-state index is 0.334. The molecule has 8 heteroatoms. The van der Waals surface area contributed by atoms with Gasteiger partial charge in [-0.1, -0.05) is 12.1 Å². The van der Waals surface area contributed by atoms with Gasteiger partial charge in [0, 0.05) is 11.8 Å². The number of ether oxygens (including phenoxy) is 2. The summed E-state index contributed by atoms with van der Waals surface area (Å²) in [6, 6.07) is 15.4. The molecule has 0 atom stereocenters. The minimum atomic E-state index is -0.381. The van der Waals surface area contributed by atoms with E-state index in [4.69, 9.17) is 9.47 Å². The van der Waals surface area contributed by atoms with Crippen LogP contribution in [0.15, 0.2) is 54.6 Å². The molecular formula is C20H18FN5O2. The normalized spacial score (nSPS) is 10.8. The summed E-state index contributed by atoms with van der Waals surface area (Å²) in [5.74, 6) is 1.79. The van der Waals surface area contributed by atoms with Gasteiger partial charge in [-0.3, -0.25) is 0 Å². The van der Waals surface area contributed by atoms with Crippen molar-refractivity contribution in [3.8, 4) is 22.9 Å². The number of aromatic nitrogens is 4. The molecule has 2 heterocycles. The molecule has 0 saturated carbocycles. The molecule has 142 valence electrons. The van der Waals surface area contributed by atoms with Gasteiger partial charge in [0.2, 0.25) is 0 Å². The number of hydrogen-bond donors (Lipinski definition) is 1. The second kappa shape index (κ2) is 7.51. The zero-order chi connectivity index (χ0) is 19.5. The molecule has 1 N–H and O–H groups in total. The van der Waals surface area contributed by atoms with Crippen LogP contribution < -0.4 is 14.8 Å². The van der Waals surface area contributed by atoms with Gasteiger partial charge < -0.3 is 14.8 Å². The fourth-order valence-corrected chi connectivity index (χ4v) is 2.83. The summed E-state index contributed by atoms with van der Waals surface area (Å²) in [4.78, 5) is 0. The SMILES string of the molecule is CCOc1ccc(Nc2ccc3nnc(-c4ccccc4F)n3n2)cc1OC. The van der Waals surface area contributed by atoms with Gasteiger partial charge in [-0.25, -0.2) is 4.39 Å². The van der Waals surface area contributed by atoms with Crippen LogP contribution in [0.4, 0.5) is 15.9 Å². The van der Waals surface area contributed by atoms with Crippen LogP contribution in [0.1, 0.15) is 6.92 Å². The molecule has 0 aliphatic heterocycles. The van der Waals surface area contributed by atoms with E-state index in [2.05, 4.69) is 20.6 Å². The summed E-state index contributed by atoms with van der Waals surface area (Å²) in [6.07, 6.45) is 0. The van der Waals surface area contributed by atoms with Crippen molar-refractivity contribution in [3.05, 3.63) is 60.4 Å². The quantitative estimate of drug-likeness (QED) is 0.544. The Morgan fingerprint density at radius 2 is 1.89 bits per heavy atom. The molecule has 4 aromatic rings. The Morgan fingerprint density at radius 1 is 1.04 bits per heavy atom. The van der Waals surface area contributed by atoms with Crippen LogP contribution in [0.3, 0.4) is 0 Å². The number of rotatable bonds is 6. The monoisotopic (exact) mass is 379 g/mol. The second-order valence-corrected chi connectivity index (χ2v) is 5.92. The average Bonchev–Trinajstić information content (AvgIpc) is 3.13. The zero-order valence-corrected chi connectivity index (χ0v) is 15.4. The lowest BCUT2D eigenvalue weighted by Gasteiger charge is -2.12. The fraction of sp³-hybridized carbons (Fsp3) is 0.150. The van der Waals surface area contributed by atoms with E-state index in [1.807, 2.05) is 25.1 Å². The molecule has 2 aromatic heterocycles. The molecule has 0 aliphatic carbocycles. The highest BCUT2D eigenvalue weighted by Crippen LogP contribution is 2.31. The molecule has 7 nitrogen and oxygen atoms in total. The van der Waals surface area contributed by atoms with E-state index in [1.54, 1.807) is 37.4 Å². The highest BCUT2D eigenvalue weighted by Gasteiger charge is 2.14. The molecule has 0 unspecified atom stereocenters. The molecular weight excluding hydrogens is 361 g/mol. The van der Waals surface area contributed by atoms with Crippen molar-refractivity contribution in [1.82, 2.24) is 19.8 Å². The maximum absolute atomic E-state index is 14.2. The van der Waals surface area contributed by atoms with Gasteiger partial charge in [0.25, 0.3) is 0 Å². The fourth-order valence-electron chi connectivity index (χ4n) is 2.83. The van der Waals surface area contributed by atoms with Gasteiger partial charge >= 0.3 is 0 Å². The van der Waals surface area contributed by atoms with Crippen molar-refractivity contribution < 1.29 is 13.9 Å². The highest BCUT2D eigenvalue weighted by atomic mass is 19.1. The number of halogens is 1. The molecule has 0 saturated heterocycles. The number of anilines is 2. The third-order valence-corrected chi connectivity index (χ3v) is 4.11. The Balaban J connectivity index is 1.69. The Morgan fingerprint density at radius 3 is 2.68 bits per heavy atom. The maximum atomic E-state index is 14.2. The van der Waals surface area contributed by atoms with Crippen LogP contribution in [0, 0.1) is 5.82 Å². The van der Waals surface area contributed by atoms with Gasteiger partial charge in [0.15, 0.2) is 28.8 Å². The Kier molecular flexibility index (Phi) is 4.76. The van der Waals surface area contributed by atoms with E-state index in [0.717, 1.165) is 5.69 Å². The molecule has 4 rings (SSSR count). The number of fused-ring (bicyclic) bond motifs is 1. The van der Waals surface area contributed by atoms with Crippen LogP contribution in [0.5, 0.6) is 11.5 Å². The number of methoxy groups -OCH3 is 1. The third-order valence-electron chi connectivity index (χ3n) is 4.11. The molecule has 0 amide bonds. The highest BCUT2D eigenvalue weighted by molar-refractivity contribution is 5.64. The Labute approximate surface area is 160 Å². The van der Waals surface area contributed by atoms with Crippen molar-refractivity contribution in [2.45, 2.75) is 6.92 Å². The summed E-state index contributed by atoms with van der Waals surface area (Å²) in [5.41, 5.74) is 1.63. The molecule has 0 radical (unpaired) electrons. The van der Waals surface area contributed by atoms with Crippen molar-refractivity contribution in [2.75, 3.05) is 19.0 Å². The lowest BCUT2D eigenvalue weighted by atomic mass is 10.2. The van der Waals surface area contributed by atoms with E-state index in [9.17, 15) is 4.39 Å². The molecule has 0 aliphatic rings. The average molecular weight is 379 g/mol. The van der Waals surface area contributed by atoms with Crippen LogP contribution in [-0.4, -0.2) is 33.5 Å². The second-order valence-electron chi connectivity index (χ2n) is 5.92. The van der Waals surface area contributed by atoms with E-state index in [0.29, 0.717) is 41.0 Å². The first kappa shape index (κ1) is 17.7. The van der Waals surface area contributed by atoms with Crippen LogP contribution >= 0.6 is 0 Å². The summed E-state index contributed by atoms with van der Waals surface area (Å²) >= 11 is 0. The topological polar surface area (TPSA) is 73.6 Å². The van der Waals surface area contributed by atoms with Gasteiger partial charge in [-0.2, -0.15) is 4.52 Å². The van der Waals surface area contributed by atoms with Crippen molar-refractivity contribution >= 4 is 17.2 Å². The predicted molar refractivity (Wildman–Crippen MR) is 104 cm³/mol. The van der Waals surface area contributed by atoms with E-state index >= 15 is 0 Å². The third kappa shape index (κ3) is 3.32. The Bertz CT molecular complexity index is 1130. The van der Waals surface area contributed by atoms with Crippen molar-refractivity contribution in [3.63, 3.8) is 0 Å². The van der Waals surface area contributed by atoms with Crippen LogP contribution in [0.2, 0.25) is 0 Å². The Hall–Kier alpha value is -3.68. The molecule has 0 spiro atoms. The van der Waals surface area contributed by atoms with Crippen LogP contribution in [0.25, 0.3) is 17.0 Å². The number of nitrogens with zero attached hydrogens (tertiary/aromatic N) is 4. The largest absolute Gasteiger partial charge is 0.493 e. The van der Waals surface area contributed by atoms with Gasteiger partial charge in [-0.15, -0.1) is 15.3 Å². The molecule has 28 heavy (non-hydrogen) atoms. The summed E-state index contributed by atoms with van der Waals surface area (Å²) in [6.45, 7) is 2.46. The molecule has 0 bridgehead atoms. The maximum Gasteiger partial charge on any atom is 0.188 e. The lowest BCUT2D eigenvalue weighted by molar-refractivity contribution is 0.311. The first-order valence-electron chi connectivity index (χ1n) is 8.75. The van der Waals surface area contributed by atoms with Crippen LogP contribution in [-0.2, 0) is 0 Å². The first-order chi connectivity index (χ1) is 13.7. The van der Waals surface area contributed by atoms with Gasteiger partial charge in [0.05, 0.1) is 19.3 Å². The summed E-state index contributed by atoms with van der Waals surface area (Å²) < 4.78 is 26.6. The summed E-state index contributed by atoms with van der Waals surface area (Å²) in [7, 11) is 1.59. The predicted octanol–water partition coefficient (Wildman–Crippen LogP) is 4.08. The number of nitrogens with one attached hydrogen (secondary N) is 1. The number of hydrogen-bond acceptors (Lipinski definition) is 6. The van der Waals surface area contributed by atoms with Gasteiger partial charge in [0.1, 0.15) is 5.82 Å². The standard InChI is InChI=1S/C20H18FN5O2/c1-3-28-16-9-8-13(12-17(16)27-2)22-18-10-11-19-23-24-20(26(19)25-18)14-6-4-5-7-15(14)21/h4-12H,3H2,1-2H3,(H,22,25). The van der Waals surface area contributed by atoms with E-state index in [1.165, 1.54) is 10.6 Å². The molecule has 2 aromatic carbocycles. The van der Waals surface area contributed by atoms with E-state index in [-0.39, 0.29) is 5.82 Å². The smallest absolute Gasteiger partial charge is 0.188 e. The van der Waals surface area contributed by atoms with Gasteiger partial charge in [-0.05, 0) is 43.3 Å². The first-order valence-corrected chi connectivity index (χ1v) is 8.75. The number of benzene rings is 2. The van der Waals surface area contributed by atoms with Crippen molar-refractivity contribution in [1.29, 1.82) is 0 Å². The van der Waals surface area contributed by atoms with E-state index < -0.39 is 0 Å². The minimum Gasteiger partial charge on any atom is -0.493 e.